The predicted octanol–water partition coefficient (Wildman–Crippen LogP) is 1.24. The number of nitrogens with zero attached hydrogens (tertiary/aromatic N) is 1. The zero-order chi connectivity index (χ0) is 10.8. The van der Waals surface area contributed by atoms with E-state index in [-0.39, 0.29) is 12.2 Å². The largest absolute Gasteiger partial charge is 0.453 e. The molecule has 1 amide bonds. The first-order valence-corrected chi connectivity index (χ1v) is 5.73. The van der Waals surface area contributed by atoms with E-state index in [9.17, 15) is 9.90 Å². The summed E-state index contributed by atoms with van der Waals surface area (Å²) in [6.07, 6.45) is 3.80. The molecule has 1 saturated carbocycles. The Morgan fingerprint density at radius 2 is 1.80 bits per heavy atom. The summed E-state index contributed by atoms with van der Waals surface area (Å²) in [6.45, 7) is 1.45. The molecule has 0 bridgehead atoms. The van der Waals surface area contributed by atoms with Crippen molar-refractivity contribution in [3.63, 3.8) is 0 Å². The normalized spacial score (nSPS) is 25.1. The fourth-order valence-electron chi connectivity index (χ4n) is 2.38. The lowest BCUT2D eigenvalue weighted by molar-refractivity contribution is 0.0412. The lowest BCUT2D eigenvalue weighted by atomic mass is 9.89. The molecule has 1 saturated heterocycles. The molecule has 1 atom stereocenters. The van der Waals surface area contributed by atoms with Crippen LogP contribution >= 0.6 is 0 Å². The lowest BCUT2D eigenvalue weighted by Crippen LogP contribution is -2.41. The third-order valence-corrected chi connectivity index (χ3v) is 3.56. The minimum atomic E-state index is -0.241. The number of carbonyl (C=O) groups is 1. The van der Waals surface area contributed by atoms with Gasteiger partial charge in [-0.3, -0.25) is 0 Å². The molecule has 1 aliphatic heterocycles. The Hall–Kier alpha value is -0.770. The van der Waals surface area contributed by atoms with Gasteiger partial charge in [0.05, 0.1) is 13.2 Å². The number of piperidine rings is 1. The molecule has 15 heavy (non-hydrogen) atoms. The maximum absolute atomic E-state index is 11.2. The van der Waals surface area contributed by atoms with E-state index in [1.165, 1.54) is 20.0 Å². The van der Waals surface area contributed by atoms with Gasteiger partial charge in [-0.2, -0.15) is 0 Å². The van der Waals surface area contributed by atoms with Gasteiger partial charge in [-0.25, -0.2) is 4.79 Å². The molecule has 2 aliphatic rings. The summed E-state index contributed by atoms with van der Waals surface area (Å²) in [5.41, 5.74) is 0. The van der Waals surface area contributed by atoms with Crippen LogP contribution in [0, 0.1) is 11.8 Å². The van der Waals surface area contributed by atoms with Crippen LogP contribution in [0.2, 0.25) is 0 Å². The Labute approximate surface area is 90.2 Å². The van der Waals surface area contributed by atoms with Crippen LogP contribution in [0.5, 0.6) is 0 Å². The van der Waals surface area contributed by atoms with Crippen LogP contribution in [-0.2, 0) is 4.74 Å². The number of aliphatic hydroxyl groups is 1. The molecule has 1 N–H and O–H groups in total. The van der Waals surface area contributed by atoms with E-state index in [4.69, 9.17) is 0 Å². The highest BCUT2D eigenvalue weighted by Gasteiger charge is 2.37. The van der Waals surface area contributed by atoms with Crippen molar-refractivity contribution < 1.29 is 14.6 Å². The van der Waals surface area contributed by atoms with Gasteiger partial charge in [-0.1, -0.05) is 0 Å². The van der Waals surface area contributed by atoms with Crippen molar-refractivity contribution >= 4 is 6.09 Å². The van der Waals surface area contributed by atoms with Gasteiger partial charge in [0, 0.05) is 13.1 Å². The molecular weight excluding hydrogens is 194 g/mol. The molecule has 4 nitrogen and oxygen atoms in total. The monoisotopic (exact) mass is 213 g/mol. The lowest BCUT2D eigenvalue weighted by Gasteiger charge is -2.33. The molecule has 0 spiro atoms. The smallest absolute Gasteiger partial charge is 0.409 e. The van der Waals surface area contributed by atoms with E-state index in [1.54, 1.807) is 4.90 Å². The van der Waals surface area contributed by atoms with E-state index in [2.05, 4.69) is 4.74 Å². The SMILES string of the molecule is COC(=O)N1CCC(C(O)C2CC2)CC1. The minimum Gasteiger partial charge on any atom is -0.453 e. The fraction of sp³-hybridized carbons (Fsp3) is 0.909. The van der Waals surface area contributed by atoms with Crippen molar-refractivity contribution in [1.29, 1.82) is 0 Å². The number of aliphatic hydroxyl groups excluding tert-OH is 1. The topological polar surface area (TPSA) is 49.8 Å². The quantitative estimate of drug-likeness (QED) is 0.750. The summed E-state index contributed by atoms with van der Waals surface area (Å²) >= 11 is 0. The van der Waals surface area contributed by atoms with Crippen molar-refractivity contribution in [2.75, 3.05) is 20.2 Å². The summed E-state index contributed by atoms with van der Waals surface area (Å²) in [5.74, 6) is 0.929. The number of amides is 1. The maximum Gasteiger partial charge on any atom is 0.409 e. The van der Waals surface area contributed by atoms with E-state index in [0.717, 1.165) is 25.9 Å². The first kappa shape index (κ1) is 10.7. The second-order valence-electron chi connectivity index (χ2n) is 4.62. The van der Waals surface area contributed by atoms with Gasteiger partial charge in [-0.15, -0.1) is 0 Å². The Morgan fingerprint density at radius 3 is 2.27 bits per heavy atom. The molecule has 1 aliphatic carbocycles. The van der Waals surface area contributed by atoms with Crippen LogP contribution in [0.1, 0.15) is 25.7 Å². The fourth-order valence-corrected chi connectivity index (χ4v) is 2.38. The number of ether oxygens (including phenoxy) is 1. The summed E-state index contributed by atoms with van der Waals surface area (Å²) in [4.78, 5) is 12.9. The molecule has 2 rings (SSSR count). The summed E-state index contributed by atoms with van der Waals surface area (Å²) in [5, 5.41) is 9.96. The predicted molar refractivity (Wildman–Crippen MR) is 55.4 cm³/mol. The molecule has 0 aromatic carbocycles. The third-order valence-electron chi connectivity index (χ3n) is 3.56. The number of likely N-dealkylation sites (tertiary alicyclic amines) is 1. The Bertz CT molecular complexity index is 232. The number of rotatable bonds is 2. The molecule has 0 aromatic heterocycles. The van der Waals surface area contributed by atoms with Gasteiger partial charge in [-0.05, 0) is 37.5 Å². The molecule has 2 fully saturated rings. The Morgan fingerprint density at radius 1 is 1.27 bits per heavy atom. The molecule has 0 radical (unpaired) electrons. The number of hydrogen-bond donors (Lipinski definition) is 1. The van der Waals surface area contributed by atoms with E-state index >= 15 is 0 Å². The Kier molecular flexibility index (Phi) is 3.14. The zero-order valence-corrected chi connectivity index (χ0v) is 9.19. The van der Waals surface area contributed by atoms with Crippen LogP contribution in [0.25, 0.3) is 0 Å². The van der Waals surface area contributed by atoms with Gasteiger partial charge in [0.15, 0.2) is 0 Å². The summed E-state index contributed by atoms with van der Waals surface area (Å²) in [6, 6.07) is 0. The minimum absolute atomic E-state index is 0.134. The number of hydrogen-bond acceptors (Lipinski definition) is 3. The summed E-state index contributed by atoms with van der Waals surface area (Å²) < 4.78 is 4.67. The first-order valence-electron chi connectivity index (χ1n) is 5.73. The highest BCUT2D eigenvalue weighted by atomic mass is 16.5. The van der Waals surface area contributed by atoms with E-state index in [1.807, 2.05) is 0 Å². The van der Waals surface area contributed by atoms with Crippen molar-refractivity contribution in [1.82, 2.24) is 4.90 Å². The van der Waals surface area contributed by atoms with Gasteiger partial charge < -0.3 is 14.7 Å². The van der Waals surface area contributed by atoms with E-state index in [0.29, 0.717) is 11.8 Å². The molecule has 1 unspecified atom stereocenters. The number of carbonyl (C=O) groups excluding carboxylic acids is 1. The standard InChI is InChI=1S/C11H19NO3/c1-15-11(14)12-6-4-9(5-7-12)10(13)8-2-3-8/h8-10,13H,2-7H2,1H3. The molecule has 1 heterocycles. The number of methoxy groups -OCH3 is 1. The molecular formula is C11H19NO3. The average molecular weight is 213 g/mol. The van der Waals surface area contributed by atoms with E-state index < -0.39 is 0 Å². The maximum atomic E-state index is 11.2. The van der Waals surface area contributed by atoms with Gasteiger partial charge in [0.25, 0.3) is 0 Å². The van der Waals surface area contributed by atoms with Crippen LogP contribution in [0.4, 0.5) is 4.79 Å². The van der Waals surface area contributed by atoms with Crippen molar-refractivity contribution in [3.05, 3.63) is 0 Å². The van der Waals surface area contributed by atoms with Crippen LogP contribution in [-0.4, -0.2) is 42.4 Å². The summed E-state index contributed by atoms with van der Waals surface area (Å²) in [7, 11) is 1.41. The third kappa shape index (κ3) is 2.43. The van der Waals surface area contributed by atoms with Crippen LogP contribution in [0.15, 0.2) is 0 Å². The highest BCUT2D eigenvalue weighted by Crippen LogP contribution is 2.38. The molecule has 0 aromatic rings. The second kappa shape index (κ2) is 4.39. The van der Waals surface area contributed by atoms with Crippen molar-refractivity contribution in [2.45, 2.75) is 31.8 Å². The molecule has 86 valence electrons. The second-order valence-corrected chi connectivity index (χ2v) is 4.62. The first-order chi connectivity index (χ1) is 7.22. The van der Waals surface area contributed by atoms with Crippen molar-refractivity contribution in [2.24, 2.45) is 11.8 Å². The van der Waals surface area contributed by atoms with Gasteiger partial charge in [0.2, 0.25) is 0 Å². The highest BCUT2D eigenvalue weighted by molar-refractivity contribution is 5.67. The van der Waals surface area contributed by atoms with Gasteiger partial charge in [0.1, 0.15) is 0 Å². The van der Waals surface area contributed by atoms with Crippen LogP contribution < -0.4 is 0 Å². The van der Waals surface area contributed by atoms with Crippen LogP contribution in [0.3, 0.4) is 0 Å². The van der Waals surface area contributed by atoms with Crippen molar-refractivity contribution in [3.8, 4) is 0 Å². The average Bonchev–Trinajstić information content (AvgIpc) is 3.11. The van der Waals surface area contributed by atoms with Gasteiger partial charge >= 0.3 is 6.09 Å². The Balaban J connectivity index is 1.78. The molecule has 4 heteroatoms. The zero-order valence-electron chi connectivity index (χ0n) is 9.19.